The maximum Gasteiger partial charge on any atom is 0.335 e. The number of H-pyrrole nitrogens is 1. The van der Waals surface area contributed by atoms with E-state index in [1.165, 1.54) is 18.5 Å². The summed E-state index contributed by atoms with van der Waals surface area (Å²) < 4.78 is 1.08. The molecule has 0 spiro atoms. The number of aryl methyl sites for hydroxylation is 2. The molecule has 0 saturated carbocycles. The number of carboxylic acid groups (broad SMARTS) is 1. The number of carbonyl (C=O) groups is 2. The van der Waals surface area contributed by atoms with E-state index in [9.17, 15) is 19.2 Å². The van der Waals surface area contributed by atoms with Gasteiger partial charge in [0.15, 0.2) is 0 Å². The largest absolute Gasteiger partial charge is 0.480 e. The minimum Gasteiger partial charge on any atom is -0.480 e. The molecule has 0 fully saturated rings. The Morgan fingerprint density at radius 2 is 1.74 bits per heavy atom. The van der Waals surface area contributed by atoms with Gasteiger partial charge in [-0.2, -0.15) is 0 Å². The summed E-state index contributed by atoms with van der Waals surface area (Å²) in [5.74, 6) is -2.59. The van der Waals surface area contributed by atoms with E-state index in [1.807, 2.05) is 43.3 Å². The van der Waals surface area contributed by atoms with Gasteiger partial charge in [-0.15, -0.1) is 0 Å². The predicted octanol–water partition coefficient (Wildman–Crippen LogP) is 2.67. The molecule has 2 aromatic heterocycles. The van der Waals surface area contributed by atoms with Crippen LogP contribution in [0.25, 0.3) is 18.1 Å². The number of carbonyl (C=O) groups excluding carboxylic acids is 1. The quantitative estimate of drug-likeness (QED) is 0.310. The molecule has 2 heterocycles. The highest BCUT2D eigenvalue weighted by Crippen LogP contribution is 2.38. The van der Waals surface area contributed by atoms with E-state index < -0.39 is 35.6 Å². The monoisotopic (exact) mass is 523 g/mol. The van der Waals surface area contributed by atoms with Crippen LogP contribution in [0.3, 0.4) is 0 Å². The number of amides is 1. The summed E-state index contributed by atoms with van der Waals surface area (Å²) in [6.07, 6.45) is 7.63. The zero-order valence-corrected chi connectivity index (χ0v) is 21.3. The highest BCUT2D eigenvalue weighted by Gasteiger charge is 2.27. The second-order valence-corrected chi connectivity index (χ2v) is 9.25. The average molecular weight is 524 g/mol. The third kappa shape index (κ3) is 5.04. The topological polar surface area (TPSA) is 147 Å². The van der Waals surface area contributed by atoms with Crippen molar-refractivity contribution < 1.29 is 14.7 Å². The number of benzene rings is 2. The average Bonchev–Trinajstić information content (AvgIpc) is 3.08. The molecular weight excluding hydrogens is 498 g/mol. The highest BCUT2D eigenvalue weighted by molar-refractivity contribution is 5.94. The van der Waals surface area contributed by atoms with Crippen LogP contribution in [0.2, 0.25) is 0 Å². The van der Waals surface area contributed by atoms with Crippen LogP contribution < -0.4 is 16.6 Å². The SMILES string of the molecule is CCc1ccc2c(c1)C=Cc1cc(C)ccc1C2c1cn(-c2nccc(C(=O)NCC(=O)O)n2)c(=O)[nH]c1=O. The fourth-order valence-corrected chi connectivity index (χ4v) is 4.71. The first-order chi connectivity index (χ1) is 18.7. The van der Waals surface area contributed by atoms with Crippen LogP contribution in [0, 0.1) is 6.92 Å². The molecule has 2 aromatic carbocycles. The molecule has 10 heteroatoms. The number of nitrogens with one attached hydrogen (secondary N) is 2. The molecule has 196 valence electrons. The summed E-state index contributed by atoms with van der Waals surface area (Å²) >= 11 is 0. The van der Waals surface area contributed by atoms with Gasteiger partial charge < -0.3 is 10.4 Å². The molecule has 1 atom stereocenters. The molecule has 0 saturated heterocycles. The number of rotatable bonds is 6. The first-order valence-electron chi connectivity index (χ1n) is 12.4. The minimum atomic E-state index is -1.21. The van der Waals surface area contributed by atoms with Crippen molar-refractivity contribution in [1.82, 2.24) is 24.8 Å². The first-order valence-corrected chi connectivity index (χ1v) is 12.4. The molecule has 4 aromatic rings. The van der Waals surface area contributed by atoms with Crippen molar-refractivity contribution in [2.75, 3.05) is 6.54 Å². The second kappa shape index (κ2) is 10.3. The zero-order chi connectivity index (χ0) is 27.7. The smallest absolute Gasteiger partial charge is 0.335 e. The van der Waals surface area contributed by atoms with Crippen LogP contribution in [0.5, 0.6) is 0 Å². The summed E-state index contributed by atoms with van der Waals surface area (Å²) in [7, 11) is 0. The Balaban J connectivity index is 1.68. The van der Waals surface area contributed by atoms with E-state index in [2.05, 4.69) is 39.3 Å². The van der Waals surface area contributed by atoms with Crippen molar-refractivity contribution in [3.05, 3.63) is 120 Å². The van der Waals surface area contributed by atoms with Crippen molar-refractivity contribution in [3.8, 4) is 5.95 Å². The summed E-state index contributed by atoms with van der Waals surface area (Å²) in [5, 5.41) is 11.1. The molecule has 1 unspecified atom stereocenters. The highest BCUT2D eigenvalue weighted by atomic mass is 16.4. The lowest BCUT2D eigenvalue weighted by atomic mass is 9.82. The number of aromatic amines is 1. The Hall–Kier alpha value is -5.12. The van der Waals surface area contributed by atoms with Gasteiger partial charge in [0.05, 0.1) is 0 Å². The Labute approximate surface area is 222 Å². The number of carboxylic acids is 1. The number of nitrogens with zero attached hydrogens (tertiary/aromatic N) is 3. The summed E-state index contributed by atoms with van der Waals surface area (Å²) in [6.45, 7) is 3.49. The molecule has 1 amide bonds. The molecule has 1 aliphatic rings. The molecule has 10 nitrogen and oxygen atoms in total. The standard InChI is InChI=1S/C29H25N5O5/c1-3-17-5-9-21-19(13-17)7-6-18-12-16(2)4-8-20(18)25(21)22-15-34(29(39)33-26(22)37)28-30-11-10-23(32-28)27(38)31-14-24(35)36/h4-13,15,25H,3,14H2,1-2H3,(H,31,38)(H,35,36)(H,33,37,39). The summed E-state index contributed by atoms with van der Waals surface area (Å²) in [5.41, 5.74) is 4.82. The van der Waals surface area contributed by atoms with Gasteiger partial charge in [-0.1, -0.05) is 61.0 Å². The van der Waals surface area contributed by atoms with Gasteiger partial charge in [0, 0.05) is 23.9 Å². The van der Waals surface area contributed by atoms with Gasteiger partial charge in [0.2, 0.25) is 5.95 Å². The van der Waals surface area contributed by atoms with Crippen LogP contribution in [0.4, 0.5) is 0 Å². The van der Waals surface area contributed by atoms with E-state index >= 15 is 0 Å². The predicted molar refractivity (Wildman–Crippen MR) is 145 cm³/mol. The number of fused-ring (bicyclic) bond motifs is 2. The van der Waals surface area contributed by atoms with E-state index in [0.717, 1.165) is 44.4 Å². The number of hydrogen-bond acceptors (Lipinski definition) is 6. The number of hydrogen-bond donors (Lipinski definition) is 3. The molecule has 0 bridgehead atoms. The third-order valence-corrected chi connectivity index (χ3v) is 6.64. The Morgan fingerprint density at radius 1 is 1.03 bits per heavy atom. The Bertz CT molecular complexity index is 1770. The zero-order valence-electron chi connectivity index (χ0n) is 21.3. The van der Waals surface area contributed by atoms with Gasteiger partial charge in [-0.3, -0.25) is 19.4 Å². The van der Waals surface area contributed by atoms with Gasteiger partial charge in [0.25, 0.3) is 11.5 Å². The summed E-state index contributed by atoms with van der Waals surface area (Å²) in [4.78, 5) is 60.0. The summed E-state index contributed by atoms with van der Waals surface area (Å²) in [6, 6.07) is 13.5. The van der Waals surface area contributed by atoms with Crippen LogP contribution in [-0.4, -0.2) is 43.0 Å². The lowest BCUT2D eigenvalue weighted by Crippen LogP contribution is -2.34. The fraction of sp³-hybridized carbons (Fsp3) is 0.172. The van der Waals surface area contributed by atoms with Crippen LogP contribution in [0.15, 0.2) is 64.4 Å². The molecular formula is C29H25N5O5. The lowest BCUT2D eigenvalue weighted by Gasteiger charge is -2.21. The van der Waals surface area contributed by atoms with Crippen LogP contribution in [0.1, 0.15) is 62.3 Å². The van der Waals surface area contributed by atoms with Gasteiger partial charge in [-0.25, -0.2) is 19.3 Å². The Kier molecular flexibility index (Phi) is 6.76. The van der Waals surface area contributed by atoms with Crippen molar-refractivity contribution in [1.29, 1.82) is 0 Å². The second-order valence-electron chi connectivity index (χ2n) is 9.25. The molecule has 0 radical (unpaired) electrons. The molecule has 1 aliphatic carbocycles. The molecule has 3 N–H and O–H groups in total. The van der Waals surface area contributed by atoms with Crippen molar-refractivity contribution in [2.24, 2.45) is 0 Å². The van der Waals surface area contributed by atoms with E-state index in [1.54, 1.807) is 0 Å². The minimum absolute atomic E-state index is 0.127. The van der Waals surface area contributed by atoms with Crippen LogP contribution in [-0.2, 0) is 11.2 Å². The van der Waals surface area contributed by atoms with E-state index in [0.29, 0.717) is 5.56 Å². The number of aromatic nitrogens is 4. The van der Waals surface area contributed by atoms with Gasteiger partial charge >= 0.3 is 11.7 Å². The normalized spacial score (nSPS) is 13.7. The van der Waals surface area contributed by atoms with Gasteiger partial charge in [0.1, 0.15) is 12.2 Å². The van der Waals surface area contributed by atoms with Gasteiger partial charge in [-0.05, 0) is 47.2 Å². The van der Waals surface area contributed by atoms with Crippen molar-refractivity contribution in [2.45, 2.75) is 26.2 Å². The van der Waals surface area contributed by atoms with Crippen molar-refractivity contribution in [3.63, 3.8) is 0 Å². The maximum atomic E-state index is 13.3. The van der Waals surface area contributed by atoms with E-state index in [-0.39, 0.29) is 11.6 Å². The lowest BCUT2D eigenvalue weighted by molar-refractivity contribution is -0.135. The Morgan fingerprint density at radius 3 is 2.46 bits per heavy atom. The first kappa shape index (κ1) is 25.5. The molecule has 0 aliphatic heterocycles. The fourth-order valence-electron chi connectivity index (χ4n) is 4.71. The molecule has 39 heavy (non-hydrogen) atoms. The maximum absolute atomic E-state index is 13.3. The van der Waals surface area contributed by atoms with Crippen molar-refractivity contribution >= 4 is 24.0 Å². The van der Waals surface area contributed by atoms with E-state index in [4.69, 9.17) is 5.11 Å². The number of aliphatic carboxylic acids is 1. The third-order valence-electron chi connectivity index (χ3n) is 6.64. The van der Waals surface area contributed by atoms with Crippen LogP contribution >= 0.6 is 0 Å². The molecule has 5 rings (SSSR count).